The molecule has 0 spiro atoms. The number of para-hydroxylation sites is 1. The van der Waals surface area contributed by atoms with Gasteiger partial charge in [0, 0.05) is 25.2 Å². The molecule has 12 heteroatoms. The quantitative estimate of drug-likeness (QED) is 0.421. The van der Waals surface area contributed by atoms with Crippen LogP contribution in [0.4, 0.5) is 11.4 Å². The van der Waals surface area contributed by atoms with Gasteiger partial charge in [-0.2, -0.15) is 0 Å². The lowest BCUT2D eigenvalue weighted by molar-refractivity contribution is -0.384. The first kappa shape index (κ1) is 21.4. The Labute approximate surface area is 183 Å². The largest absolute Gasteiger partial charge is 0.349 e. The molecule has 32 heavy (non-hydrogen) atoms. The van der Waals surface area contributed by atoms with Gasteiger partial charge in [-0.25, -0.2) is 13.1 Å². The molecule has 3 aromatic rings. The van der Waals surface area contributed by atoms with Crippen molar-refractivity contribution < 1.29 is 18.1 Å². The first-order chi connectivity index (χ1) is 15.3. The lowest BCUT2D eigenvalue weighted by atomic mass is 10.2. The second kappa shape index (κ2) is 8.38. The highest BCUT2D eigenvalue weighted by Gasteiger charge is 2.29. The van der Waals surface area contributed by atoms with Crippen molar-refractivity contribution in [1.29, 1.82) is 0 Å². The summed E-state index contributed by atoms with van der Waals surface area (Å²) in [4.78, 5) is 23.0. The van der Waals surface area contributed by atoms with Crippen molar-refractivity contribution in [2.45, 2.75) is 13.3 Å². The van der Waals surface area contributed by atoms with Gasteiger partial charge in [-0.1, -0.05) is 29.5 Å². The predicted octanol–water partition coefficient (Wildman–Crippen LogP) is 1.61. The molecule has 0 saturated heterocycles. The summed E-state index contributed by atoms with van der Waals surface area (Å²) in [5.74, 6) is -0.832. The molecule has 0 radical (unpaired) electrons. The smallest absolute Gasteiger partial charge is 0.273 e. The third-order valence-corrected chi connectivity index (χ3v) is 6.99. The van der Waals surface area contributed by atoms with Crippen LogP contribution in [0.5, 0.6) is 0 Å². The van der Waals surface area contributed by atoms with E-state index in [1.54, 1.807) is 25.1 Å². The monoisotopic (exact) mass is 456 g/mol. The molecule has 2 aromatic carbocycles. The van der Waals surface area contributed by atoms with Gasteiger partial charge < -0.3 is 5.32 Å². The van der Waals surface area contributed by atoms with Crippen LogP contribution in [0.3, 0.4) is 0 Å². The van der Waals surface area contributed by atoms with Gasteiger partial charge in [0.15, 0.2) is 5.69 Å². The number of rotatable bonds is 7. The van der Waals surface area contributed by atoms with E-state index in [2.05, 4.69) is 15.6 Å². The number of hydrogen-bond donors (Lipinski definition) is 1. The third kappa shape index (κ3) is 4.04. The zero-order valence-corrected chi connectivity index (χ0v) is 17.9. The molecular formula is C20H20N6O5S. The molecular weight excluding hydrogens is 436 g/mol. The van der Waals surface area contributed by atoms with Crippen LogP contribution in [-0.4, -0.2) is 53.1 Å². The highest BCUT2D eigenvalue weighted by atomic mass is 32.2. The van der Waals surface area contributed by atoms with E-state index in [4.69, 9.17) is 0 Å². The van der Waals surface area contributed by atoms with Crippen molar-refractivity contribution in [3.8, 4) is 5.69 Å². The number of carbonyl (C=O) groups is 1. The van der Waals surface area contributed by atoms with E-state index < -0.39 is 20.9 Å². The van der Waals surface area contributed by atoms with Gasteiger partial charge in [-0.3, -0.25) is 19.2 Å². The number of benzene rings is 2. The molecule has 1 aliphatic rings. The first-order valence-electron chi connectivity index (χ1n) is 9.81. The molecule has 4 rings (SSSR count). The lowest BCUT2D eigenvalue weighted by Gasteiger charge is -2.19. The summed E-state index contributed by atoms with van der Waals surface area (Å²) in [6.45, 7) is 1.89. The summed E-state index contributed by atoms with van der Waals surface area (Å²) in [6.07, 6.45) is 0.654. The fraction of sp³-hybridized carbons (Fsp3) is 0.250. The summed E-state index contributed by atoms with van der Waals surface area (Å²) in [6, 6.07) is 13.1. The van der Waals surface area contributed by atoms with Crippen LogP contribution >= 0.6 is 0 Å². The number of carbonyl (C=O) groups excluding carboxylic acids is 1. The highest BCUT2D eigenvalue weighted by Crippen LogP contribution is 2.29. The van der Waals surface area contributed by atoms with E-state index in [1.165, 1.54) is 27.2 Å². The van der Waals surface area contributed by atoms with Crippen molar-refractivity contribution in [3.05, 3.63) is 75.6 Å². The number of nitrogens with zero attached hydrogens (tertiary/aromatic N) is 5. The highest BCUT2D eigenvalue weighted by molar-refractivity contribution is 7.92. The number of nitrogens with one attached hydrogen (secondary N) is 1. The fourth-order valence-corrected chi connectivity index (χ4v) is 5.03. The normalized spacial score (nSPS) is 13.1. The fourth-order valence-electron chi connectivity index (χ4n) is 3.61. The van der Waals surface area contributed by atoms with Crippen LogP contribution < -0.4 is 9.62 Å². The van der Waals surface area contributed by atoms with Crippen LogP contribution in [0.15, 0.2) is 48.5 Å². The Kier molecular flexibility index (Phi) is 5.61. The van der Waals surface area contributed by atoms with Crippen LogP contribution in [0.2, 0.25) is 0 Å². The number of hydrogen-bond acceptors (Lipinski definition) is 7. The Morgan fingerprint density at radius 2 is 2.00 bits per heavy atom. The van der Waals surface area contributed by atoms with E-state index in [-0.39, 0.29) is 23.7 Å². The van der Waals surface area contributed by atoms with Gasteiger partial charge in [0.05, 0.1) is 27.7 Å². The van der Waals surface area contributed by atoms with E-state index in [0.29, 0.717) is 30.0 Å². The predicted molar refractivity (Wildman–Crippen MR) is 116 cm³/mol. The van der Waals surface area contributed by atoms with Crippen LogP contribution in [-0.2, 0) is 16.4 Å². The number of amides is 1. The third-order valence-electron chi connectivity index (χ3n) is 5.22. The minimum absolute atomic E-state index is 0.0143. The number of nitro groups is 1. The average molecular weight is 456 g/mol. The summed E-state index contributed by atoms with van der Waals surface area (Å²) in [7, 11) is -3.60. The molecule has 0 unspecified atom stereocenters. The minimum Gasteiger partial charge on any atom is -0.349 e. The molecule has 0 aliphatic carbocycles. The van der Waals surface area contributed by atoms with Gasteiger partial charge >= 0.3 is 0 Å². The van der Waals surface area contributed by atoms with Crippen LogP contribution in [0.1, 0.15) is 21.7 Å². The van der Waals surface area contributed by atoms with Gasteiger partial charge in [0.2, 0.25) is 10.0 Å². The Morgan fingerprint density at radius 3 is 2.78 bits per heavy atom. The molecule has 2 heterocycles. The summed E-state index contributed by atoms with van der Waals surface area (Å²) in [5, 5.41) is 21.3. The van der Waals surface area contributed by atoms with E-state index in [1.807, 2.05) is 12.1 Å². The van der Waals surface area contributed by atoms with Crippen molar-refractivity contribution in [1.82, 2.24) is 20.3 Å². The Bertz CT molecular complexity index is 1300. The Morgan fingerprint density at radius 1 is 1.22 bits per heavy atom. The van der Waals surface area contributed by atoms with Crippen molar-refractivity contribution >= 4 is 27.3 Å². The molecule has 0 atom stereocenters. The van der Waals surface area contributed by atoms with E-state index in [0.717, 1.165) is 5.56 Å². The van der Waals surface area contributed by atoms with Crippen LogP contribution in [0.25, 0.3) is 5.69 Å². The zero-order chi connectivity index (χ0) is 22.9. The molecule has 0 fully saturated rings. The SMILES string of the molecule is Cc1c(C(=O)NCCS(=O)(=O)N2CCc3ccccc32)nnn1-c1cccc([N+](=O)[O-])c1. The maximum absolute atomic E-state index is 12.7. The summed E-state index contributed by atoms with van der Waals surface area (Å²) < 4.78 is 28.2. The molecule has 0 saturated carbocycles. The average Bonchev–Trinajstić information content (AvgIpc) is 3.37. The number of fused-ring (bicyclic) bond motifs is 1. The van der Waals surface area contributed by atoms with Crippen molar-refractivity contribution in [3.63, 3.8) is 0 Å². The van der Waals surface area contributed by atoms with E-state index in [9.17, 15) is 23.3 Å². The maximum atomic E-state index is 12.7. The number of nitro benzene ring substituents is 1. The molecule has 166 valence electrons. The molecule has 1 aromatic heterocycles. The lowest BCUT2D eigenvalue weighted by Crippen LogP contribution is -2.37. The summed E-state index contributed by atoms with van der Waals surface area (Å²) >= 11 is 0. The second-order valence-electron chi connectivity index (χ2n) is 7.23. The minimum atomic E-state index is -3.60. The molecule has 11 nitrogen and oxygen atoms in total. The Hall–Kier alpha value is -3.80. The maximum Gasteiger partial charge on any atom is 0.273 e. The second-order valence-corrected chi connectivity index (χ2v) is 9.25. The number of aromatic nitrogens is 3. The number of non-ortho nitro benzene ring substituents is 1. The number of sulfonamides is 1. The Balaban J connectivity index is 1.42. The van der Waals surface area contributed by atoms with Gasteiger partial charge in [-0.15, -0.1) is 5.10 Å². The van der Waals surface area contributed by atoms with Gasteiger partial charge in [0.25, 0.3) is 11.6 Å². The van der Waals surface area contributed by atoms with Crippen molar-refractivity contribution in [2.24, 2.45) is 0 Å². The molecule has 1 aliphatic heterocycles. The van der Waals surface area contributed by atoms with Crippen molar-refractivity contribution in [2.75, 3.05) is 23.1 Å². The van der Waals surface area contributed by atoms with Gasteiger partial charge in [0.1, 0.15) is 0 Å². The standard InChI is InChI=1S/C20H20N6O5S/c1-14-19(22-23-25(14)16-6-4-7-17(13-16)26(28)29)20(27)21-10-12-32(30,31)24-11-9-15-5-2-3-8-18(15)24/h2-8,13H,9-12H2,1H3,(H,21,27). The first-order valence-corrected chi connectivity index (χ1v) is 11.4. The van der Waals surface area contributed by atoms with E-state index >= 15 is 0 Å². The topological polar surface area (TPSA) is 140 Å². The molecule has 1 N–H and O–H groups in total. The molecule has 0 bridgehead atoms. The number of anilines is 1. The summed E-state index contributed by atoms with van der Waals surface area (Å²) in [5.41, 5.74) is 2.32. The van der Waals surface area contributed by atoms with Gasteiger partial charge in [-0.05, 0) is 31.0 Å². The van der Waals surface area contributed by atoms with Crippen LogP contribution in [0, 0.1) is 17.0 Å². The molecule has 1 amide bonds. The zero-order valence-electron chi connectivity index (χ0n) is 17.1.